The van der Waals surface area contributed by atoms with Gasteiger partial charge in [0.25, 0.3) is 0 Å². The van der Waals surface area contributed by atoms with Crippen LogP contribution in [0.15, 0.2) is 40.9 Å². The average molecular weight is 385 g/mol. The number of benzene rings is 2. The van der Waals surface area contributed by atoms with Crippen LogP contribution in [-0.2, 0) is 4.74 Å². The normalized spacial score (nSPS) is 31.3. The summed E-state index contributed by atoms with van der Waals surface area (Å²) in [5.41, 5.74) is 0. The Morgan fingerprint density at radius 3 is 2.39 bits per heavy atom. The topological polar surface area (TPSA) is 99.4 Å². The number of hydrogen-bond donors (Lipinski definition) is 4. The van der Waals surface area contributed by atoms with Gasteiger partial charge in [0, 0.05) is 4.47 Å². The summed E-state index contributed by atoms with van der Waals surface area (Å²) in [5.74, 6) is 0.448. The molecular weight excluding hydrogens is 368 g/mol. The van der Waals surface area contributed by atoms with Crippen LogP contribution < -0.4 is 4.74 Å². The molecule has 3 rings (SSSR count). The van der Waals surface area contributed by atoms with Gasteiger partial charge in [-0.3, -0.25) is 0 Å². The van der Waals surface area contributed by atoms with Gasteiger partial charge in [0.1, 0.15) is 30.2 Å². The molecule has 0 aromatic heterocycles. The minimum Gasteiger partial charge on any atom is -0.462 e. The molecule has 1 aliphatic heterocycles. The molecule has 2 unspecified atom stereocenters. The Bertz CT molecular complexity index is 691. The van der Waals surface area contributed by atoms with E-state index in [0.29, 0.717) is 5.75 Å². The molecule has 2 aromatic carbocycles. The zero-order chi connectivity index (χ0) is 16.6. The molecule has 2 aromatic rings. The molecule has 5 atom stereocenters. The van der Waals surface area contributed by atoms with E-state index in [4.69, 9.17) is 9.47 Å². The first-order valence-electron chi connectivity index (χ1n) is 7.16. The van der Waals surface area contributed by atoms with E-state index >= 15 is 0 Å². The maximum Gasteiger partial charge on any atom is 0.229 e. The third-order valence-corrected chi connectivity index (χ3v) is 4.37. The van der Waals surface area contributed by atoms with Gasteiger partial charge in [-0.15, -0.1) is 0 Å². The van der Waals surface area contributed by atoms with Crippen LogP contribution >= 0.6 is 15.9 Å². The summed E-state index contributed by atoms with van der Waals surface area (Å²) in [5, 5.41) is 40.6. The lowest BCUT2D eigenvalue weighted by Crippen LogP contribution is -2.60. The van der Waals surface area contributed by atoms with Gasteiger partial charge in [0.05, 0.1) is 6.61 Å². The Labute approximate surface area is 141 Å². The van der Waals surface area contributed by atoms with E-state index in [9.17, 15) is 20.4 Å². The molecule has 7 heteroatoms. The first kappa shape index (κ1) is 16.6. The monoisotopic (exact) mass is 384 g/mol. The van der Waals surface area contributed by atoms with Crippen molar-refractivity contribution in [3.8, 4) is 5.75 Å². The van der Waals surface area contributed by atoms with E-state index in [-0.39, 0.29) is 0 Å². The molecule has 1 heterocycles. The number of rotatable bonds is 3. The average Bonchev–Trinajstić information content (AvgIpc) is 2.55. The van der Waals surface area contributed by atoms with Crippen molar-refractivity contribution in [2.75, 3.05) is 6.61 Å². The van der Waals surface area contributed by atoms with Crippen LogP contribution in [0.5, 0.6) is 5.75 Å². The van der Waals surface area contributed by atoms with Crippen LogP contribution in [0.25, 0.3) is 10.8 Å². The molecule has 0 spiro atoms. The molecule has 6 nitrogen and oxygen atoms in total. The highest BCUT2D eigenvalue weighted by molar-refractivity contribution is 9.10. The van der Waals surface area contributed by atoms with Gasteiger partial charge in [-0.2, -0.15) is 0 Å². The van der Waals surface area contributed by atoms with E-state index in [0.717, 1.165) is 15.2 Å². The molecule has 124 valence electrons. The minimum atomic E-state index is -1.46. The highest BCUT2D eigenvalue weighted by Crippen LogP contribution is 2.28. The quantitative estimate of drug-likeness (QED) is 0.624. The van der Waals surface area contributed by atoms with Crippen molar-refractivity contribution in [1.29, 1.82) is 0 Å². The molecule has 23 heavy (non-hydrogen) atoms. The lowest BCUT2D eigenvalue weighted by atomic mass is 9.99. The fourth-order valence-corrected chi connectivity index (χ4v) is 2.95. The van der Waals surface area contributed by atoms with Gasteiger partial charge in [-0.05, 0) is 35.0 Å². The summed E-state index contributed by atoms with van der Waals surface area (Å²) in [4.78, 5) is 0. The Morgan fingerprint density at radius 2 is 1.65 bits per heavy atom. The van der Waals surface area contributed by atoms with Crippen LogP contribution in [0.3, 0.4) is 0 Å². The molecule has 0 aliphatic carbocycles. The van der Waals surface area contributed by atoms with Crippen molar-refractivity contribution in [1.82, 2.24) is 0 Å². The zero-order valence-corrected chi connectivity index (χ0v) is 13.6. The lowest BCUT2D eigenvalue weighted by molar-refractivity contribution is -0.277. The van der Waals surface area contributed by atoms with Gasteiger partial charge in [0.15, 0.2) is 0 Å². The van der Waals surface area contributed by atoms with E-state index in [2.05, 4.69) is 15.9 Å². The molecule has 0 bridgehead atoms. The predicted octanol–water partition coefficient (Wildman–Crippen LogP) is 0.781. The number of aliphatic hydroxyl groups excluding tert-OH is 4. The van der Waals surface area contributed by atoms with Crippen molar-refractivity contribution in [3.05, 3.63) is 40.9 Å². The molecule has 0 saturated carbocycles. The molecular formula is C16H17BrO6. The second-order valence-electron chi connectivity index (χ2n) is 5.47. The maximum absolute atomic E-state index is 9.98. The van der Waals surface area contributed by atoms with Crippen molar-refractivity contribution in [2.24, 2.45) is 0 Å². The number of ether oxygens (including phenoxy) is 2. The fourth-order valence-electron chi connectivity index (χ4n) is 2.57. The van der Waals surface area contributed by atoms with E-state index < -0.39 is 37.3 Å². The van der Waals surface area contributed by atoms with Gasteiger partial charge in [-0.25, -0.2) is 0 Å². The molecule has 0 amide bonds. The van der Waals surface area contributed by atoms with Crippen molar-refractivity contribution >= 4 is 26.7 Å². The van der Waals surface area contributed by atoms with E-state index in [1.807, 2.05) is 24.3 Å². The van der Waals surface area contributed by atoms with Gasteiger partial charge in [-0.1, -0.05) is 28.1 Å². The van der Waals surface area contributed by atoms with Crippen molar-refractivity contribution in [3.63, 3.8) is 0 Å². The Hall–Kier alpha value is -1.22. The summed E-state index contributed by atoms with van der Waals surface area (Å²) in [6.07, 6.45) is -6.45. The second kappa shape index (κ2) is 6.72. The van der Waals surface area contributed by atoms with E-state index in [1.54, 1.807) is 12.1 Å². The Morgan fingerprint density at radius 1 is 0.957 bits per heavy atom. The Balaban J connectivity index is 1.81. The SMILES string of the molecule is OCC1O[C@H](Oc2ccc3cc(Br)ccc3c2)[C@@H](O)C(O)[C@@H]1O. The number of halogens is 1. The molecule has 1 aliphatic rings. The molecule has 0 radical (unpaired) electrons. The Kier molecular flexibility index (Phi) is 4.86. The zero-order valence-electron chi connectivity index (χ0n) is 12.0. The number of aliphatic hydroxyl groups is 4. The third-order valence-electron chi connectivity index (χ3n) is 3.87. The second-order valence-corrected chi connectivity index (χ2v) is 6.38. The highest BCUT2D eigenvalue weighted by atomic mass is 79.9. The van der Waals surface area contributed by atoms with Crippen LogP contribution in [0.2, 0.25) is 0 Å². The summed E-state index contributed by atoms with van der Waals surface area (Å²) >= 11 is 3.41. The van der Waals surface area contributed by atoms with Crippen molar-refractivity contribution < 1.29 is 29.9 Å². The summed E-state index contributed by atoms with van der Waals surface area (Å²) in [6, 6.07) is 11.1. The van der Waals surface area contributed by atoms with Gasteiger partial charge in [0.2, 0.25) is 6.29 Å². The van der Waals surface area contributed by atoms with Gasteiger partial charge < -0.3 is 29.9 Å². The predicted molar refractivity (Wildman–Crippen MR) is 86.0 cm³/mol. The van der Waals surface area contributed by atoms with Crippen LogP contribution in [0, 0.1) is 0 Å². The van der Waals surface area contributed by atoms with Crippen LogP contribution in [0.1, 0.15) is 0 Å². The summed E-state index contributed by atoms with van der Waals surface area (Å²) in [6.45, 7) is -0.490. The molecule has 4 N–H and O–H groups in total. The number of fused-ring (bicyclic) bond motifs is 1. The third kappa shape index (κ3) is 3.35. The highest BCUT2D eigenvalue weighted by Gasteiger charge is 2.44. The van der Waals surface area contributed by atoms with E-state index in [1.165, 1.54) is 0 Å². The minimum absolute atomic E-state index is 0.448. The van der Waals surface area contributed by atoms with Crippen LogP contribution in [0.4, 0.5) is 0 Å². The molecule has 1 fully saturated rings. The lowest BCUT2D eigenvalue weighted by Gasteiger charge is -2.39. The standard InChI is InChI=1S/C16H17BrO6/c17-10-3-1-9-6-11(4-2-8(9)5-10)22-16-15(21)14(20)13(19)12(7-18)23-16/h1-6,12-16,18-21H,7H2/t12?,13-,14?,15+,16+/m1/s1. The largest absolute Gasteiger partial charge is 0.462 e. The summed E-state index contributed by atoms with van der Waals surface area (Å²) in [7, 11) is 0. The van der Waals surface area contributed by atoms with Crippen molar-refractivity contribution in [2.45, 2.75) is 30.7 Å². The van der Waals surface area contributed by atoms with Crippen LogP contribution in [-0.4, -0.2) is 57.7 Å². The number of hydrogen-bond acceptors (Lipinski definition) is 6. The smallest absolute Gasteiger partial charge is 0.229 e. The fraction of sp³-hybridized carbons (Fsp3) is 0.375. The summed E-state index contributed by atoms with van der Waals surface area (Å²) < 4.78 is 11.9. The first-order chi connectivity index (χ1) is 11.0. The molecule has 1 saturated heterocycles. The van der Waals surface area contributed by atoms with Gasteiger partial charge >= 0.3 is 0 Å². The maximum atomic E-state index is 9.98. The first-order valence-corrected chi connectivity index (χ1v) is 7.95.